The maximum Gasteiger partial charge on any atom is 0.373 e. The van der Waals surface area contributed by atoms with E-state index in [-0.39, 0.29) is 24.9 Å². The van der Waals surface area contributed by atoms with E-state index in [0.29, 0.717) is 6.61 Å². The van der Waals surface area contributed by atoms with E-state index in [0.717, 1.165) is 5.56 Å². The second-order valence-electron chi connectivity index (χ2n) is 5.45. The lowest BCUT2D eigenvalue weighted by Gasteiger charge is -2.18. The molecule has 0 radical (unpaired) electrons. The highest BCUT2D eigenvalue weighted by atomic mass is 16.6. The summed E-state index contributed by atoms with van der Waals surface area (Å²) in [5.74, 6) is -0.543. The molecule has 0 unspecified atom stereocenters. The molecule has 0 fully saturated rings. The Morgan fingerprint density at radius 1 is 1.15 bits per heavy atom. The Morgan fingerprint density at radius 2 is 1.75 bits per heavy atom. The molecule has 20 heavy (non-hydrogen) atoms. The van der Waals surface area contributed by atoms with Crippen LogP contribution in [0, 0.1) is 0 Å². The van der Waals surface area contributed by atoms with Gasteiger partial charge in [0.1, 0.15) is 5.60 Å². The Hall–Kier alpha value is -1.91. The Kier molecular flexibility index (Phi) is 5.67. The molecule has 5 nitrogen and oxygen atoms in total. The predicted octanol–water partition coefficient (Wildman–Crippen LogP) is 1.42. The molecule has 0 aliphatic heterocycles. The number of pyridine rings is 1. The Morgan fingerprint density at radius 3 is 2.25 bits per heavy atom. The number of ether oxygens (including phenoxy) is 2. The lowest BCUT2D eigenvalue weighted by atomic mass is 10.2. The second-order valence-corrected chi connectivity index (χ2v) is 5.45. The smallest absolute Gasteiger partial charge is 0.373 e. The first-order valence-corrected chi connectivity index (χ1v) is 6.65. The van der Waals surface area contributed by atoms with E-state index >= 15 is 0 Å². The van der Waals surface area contributed by atoms with E-state index in [1.807, 2.05) is 20.8 Å². The number of aromatic nitrogens is 1. The van der Waals surface area contributed by atoms with Gasteiger partial charge in [0.15, 0.2) is 12.4 Å². The van der Waals surface area contributed by atoms with Gasteiger partial charge >= 0.3 is 11.9 Å². The molecule has 0 atom stereocenters. The van der Waals surface area contributed by atoms with Crippen LogP contribution in [0.5, 0.6) is 0 Å². The number of nitrogens with zero attached hydrogens (tertiary/aromatic N) is 1. The fourth-order valence-corrected chi connectivity index (χ4v) is 1.61. The molecule has 110 valence electrons. The fraction of sp³-hybridized carbons (Fsp3) is 0.533. The van der Waals surface area contributed by atoms with Crippen LogP contribution in [0.3, 0.4) is 0 Å². The van der Waals surface area contributed by atoms with Gasteiger partial charge in [0.2, 0.25) is 6.54 Å². The third-order valence-corrected chi connectivity index (χ3v) is 2.35. The number of hydrogen-bond acceptors (Lipinski definition) is 4. The van der Waals surface area contributed by atoms with Crippen LogP contribution in [-0.2, 0) is 32.0 Å². The van der Waals surface area contributed by atoms with Crippen LogP contribution in [0.4, 0.5) is 0 Å². The van der Waals surface area contributed by atoms with Gasteiger partial charge in [0.25, 0.3) is 0 Å². The molecule has 0 spiro atoms. The van der Waals surface area contributed by atoms with E-state index < -0.39 is 5.60 Å². The minimum absolute atomic E-state index is 0.150. The molecule has 0 aromatic carbocycles. The Labute approximate surface area is 119 Å². The molecule has 0 bridgehead atoms. The molecule has 1 aromatic rings. The fourth-order valence-electron chi connectivity index (χ4n) is 1.61. The molecular formula is C15H22NO4+. The first-order chi connectivity index (χ1) is 9.30. The highest BCUT2D eigenvalue weighted by Crippen LogP contribution is 2.06. The molecule has 5 heteroatoms. The highest BCUT2D eigenvalue weighted by molar-refractivity contribution is 5.72. The largest absolute Gasteiger partial charge is 0.466 e. The van der Waals surface area contributed by atoms with Crippen molar-refractivity contribution in [3.63, 3.8) is 0 Å². The van der Waals surface area contributed by atoms with Crippen LogP contribution >= 0.6 is 0 Å². The van der Waals surface area contributed by atoms with Gasteiger partial charge in [-0.05, 0) is 33.3 Å². The van der Waals surface area contributed by atoms with Crippen molar-refractivity contribution in [1.82, 2.24) is 0 Å². The van der Waals surface area contributed by atoms with Crippen LogP contribution in [0.2, 0.25) is 0 Å². The summed E-state index contributed by atoms with van der Waals surface area (Å²) in [6, 6.07) is 3.59. The summed E-state index contributed by atoms with van der Waals surface area (Å²) in [5, 5.41) is 0. The highest BCUT2D eigenvalue weighted by Gasteiger charge is 2.19. The third kappa shape index (κ3) is 6.31. The number of rotatable bonds is 5. The van der Waals surface area contributed by atoms with Crippen molar-refractivity contribution in [2.45, 2.75) is 46.3 Å². The van der Waals surface area contributed by atoms with Gasteiger partial charge < -0.3 is 9.47 Å². The minimum Gasteiger partial charge on any atom is -0.466 e. The molecule has 1 aromatic heterocycles. The SMILES string of the molecule is CCOC(=O)Cc1cc[n+](CC(=O)OC(C)(C)C)cc1. The molecular weight excluding hydrogens is 258 g/mol. The summed E-state index contributed by atoms with van der Waals surface area (Å²) >= 11 is 0. The van der Waals surface area contributed by atoms with E-state index in [4.69, 9.17) is 9.47 Å². The molecule has 0 aliphatic carbocycles. The van der Waals surface area contributed by atoms with Gasteiger partial charge in [-0.15, -0.1) is 0 Å². The van der Waals surface area contributed by atoms with Crippen molar-refractivity contribution >= 4 is 11.9 Å². The van der Waals surface area contributed by atoms with Gasteiger partial charge in [-0.2, -0.15) is 4.57 Å². The van der Waals surface area contributed by atoms with E-state index in [9.17, 15) is 9.59 Å². The van der Waals surface area contributed by atoms with Gasteiger partial charge in [-0.1, -0.05) is 0 Å². The molecule has 0 aliphatic rings. The summed E-state index contributed by atoms with van der Waals surface area (Å²) in [6.07, 6.45) is 3.73. The van der Waals surface area contributed by atoms with Crippen LogP contribution in [0.25, 0.3) is 0 Å². The maximum absolute atomic E-state index is 11.7. The molecule has 0 N–H and O–H groups in total. The van der Waals surface area contributed by atoms with Crippen molar-refractivity contribution in [1.29, 1.82) is 0 Å². The Bertz CT molecular complexity index is 460. The first-order valence-electron chi connectivity index (χ1n) is 6.65. The second kappa shape index (κ2) is 7.03. The van der Waals surface area contributed by atoms with E-state index in [1.165, 1.54) is 0 Å². The van der Waals surface area contributed by atoms with Crippen LogP contribution < -0.4 is 4.57 Å². The van der Waals surface area contributed by atoms with E-state index in [1.54, 1.807) is 36.0 Å². The van der Waals surface area contributed by atoms with Gasteiger partial charge in [0, 0.05) is 12.1 Å². The zero-order chi connectivity index (χ0) is 15.2. The van der Waals surface area contributed by atoms with Crippen molar-refractivity contribution in [2.24, 2.45) is 0 Å². The molecule has 0 amide bonds. The van der Waals surface area contributed by atoms with Gasteiger partial charge in [-0.25, -0.2) is 4.79 Å². The summed E-state index contributed by atoms with van der Waals surface area (Å²) in [4.78, 5) is 23.0. The standard InChI is InChI=1S/C15H22NO4/c1-5-19-13(17)10-12-6-8-16(9-7-12)11-14(18)20-15(2,3)4/h6-9H,5,10-11H2,1-4H3/q+1. The number of esters is 2. The molecule has 0 saturated heterocycles. The number of carbonyl (C=O) groups excluding carboxylic acids is 2. The average molecular weight is 280 g/mol. The van der Waals surface area contributed by atoms with Crippen molar-refractivity contribution in [2.75, 3.05) is 6.61 Å². The molecule has 1 heterocycles. The predicted molar refractivity (Wildman–Crippen MR) is 72.8 cm³/mol. The van der Waals surface area contributed by atoms with Crippen LogP contribution in [0.1, 0.15) is 33.3 Å². The summed E-state index contributed by atoms with van der Waals surface area (Å²) in [7, 11) is 0. The van der Waals surface area contributed by atoms with Crippen molar-refractivity contribution in [3.05, 3.63) is 30.1 Å². The van der Waals surface area contributed by atoms with Crippen LogP contribution in [0.15, 0.2) is 24.5 Å². The summed E-state index contributed by atoms with van der Waals surface area (Å²) < 4.78 is 11.8. The van der Waals surface area contributed by atoms with Gasteiger partial charge in [-0.3, -0.25) is 4.79 Å². The first kappa shape index (κ1) is 16.1. The zero-order valence-corrected chi connectivity index (χ0v) is 12.5. The number of carbonyl (C=O) groups is 2. The monoisotopic (exact) mass is 280 g/mol. The minimum atomic E-state index is -0.485. The Balaban J connectivity index is 2.54. The average Bonchev–Trinajstić information content (AvgIpc) is 2.29. The summed E-state index contributed by atoms with van der Waals surface area (Å²) in [6.45, 7) is 7.80. The lowest BCUT2D eigenvalue weighted by molar-refractivity contribution is -0.686. The van der Waals surface area contributed by atoms with E-state index in [2.05, 4.69) is 0 Å². The normalized spacial score (nSPS) is 11.0. The van der Waals surface area contributed by atoms with Crippen LogP contribution in [-0.4, -0.2) is 24.1 Å². The quantitative estimate of drug-likeness (QED) is 0.604. The zero-order valence-electron chi connectivity index (χ0n) is 12.5. The topological polar surface area (TPSA) is 56.5 Å². The lowest BCUT2D eigenvalue weighted by Crippen LogP contribution is -2.40. The third-order valence-electron chi connectivity index (χ3n) is 2.35. The van der Waals surface area contributed by atoms with Gasteiger partial charge in [0.05, 0.1) is 13.0 Å². The molecule has 1 rings (SSSR count). The summed E-state index contributed by atoms with van der Waals surface area (Å²) in [5.41, 5.74) is 0.366. The number of hydrogen-bond donors (Lipinski definition) is 0. The van der Waals surface area contributed by atoms with Crippen molar-refractivity contribution in [3.8, 4) is 0 Å². The van der Waals surface area contributed by atoms with Crippen molar-refractivity contribution < 1.29 is 23.6 Å². The maximum atomic E-state index is 11.7. The molecule has 0 saturated carbocycles.